The minimum atomic E-state index is -0.505. The van der Waals surface area contributed by atoms with Crippen LogP contribution in [-0.2, 0) is 9.59 Å². The third kappa shape index (κ3) is 5.52. The molecule has 1 aliphatic rings. The zero-order valence-electron chi connectivity index (χ0n) is 16.4. The number of carbonyl (C=O) groups excluding carboxylic acids is 2. The topological polar surface area (TPSA) is 117 Å². The highest BCUT2D eigenvalue weighted by atomic mass is 35.5. The number of halogens is 1. The number of nitro benzene ring substituents is 1. The minimum absolute atomic E-state index is 0.0811. The van der Waals surface area contributed by atoms with Gasteiger partial charge in [-0.25, -0.2) is 4.98 Å². The Bertz CT molecular complexity index is 929. The summed E-state index contributed by atoms with van der Waals surface area (Å²) >= 11 is 5.80. The van der Waals surface area contributed by atoms with Gasteiger partial charge in [-0.3, -0.25) is 24.6 Å². The van der Waals surface area contributed by atoms with Gasteiger partial charge in [0.05, 0.1) is 16.0 Å². The van der Waals surface area contributed by atoms with Gasteiger partial charge in [-0.2, -0.15) is 0 Å². The summed E-state index contributed by atoms with van der Waals surface area (Å²) in [7, 11) is 0. The molecule has 158 valence electrons. The second-order valence-corrected chi connectivity index (χ2v) is 7.57. The highest BCUT2D eigenvalue weighted by molar-refractivity contribution is 6.30. The van der Waals surface area contributed by atoms with Crippen LogP contribution in [0.4, 0.5) is 17.2 Å². The second-order valence-electron chi connectivity index (χ2n) is 7.13. The summed E-state index contributed by atoms with van der Waals surface area (Å²) in [6.07, 6.45) is 2.71. The van der Waals surface area contributed by atoms with E-state index in [9.17, 15) is 19.7 Å². The van der Waals surface area contributed by atoms with E-state index >= 15 is 0 Å². The van der Waals surface area contributed by atoms with Crippen LogP contribution >= 0.6 is 11.6 Å². The largest absolute Gasteiger partial charge is 0.324 e. The Morgan fingerprint density at radius 1 is 1.23 bits per heavy atom. The van der Waals surface area contributed by atoms with Crippen molar-refractivity contribution in [3.05, 3.63) is 57.7 Å². The molecular weight excluding hydrogens is 410 g/mol. The summed E-state index contributed by atoms with van der Waals surface area (Å²) in [5.41, 5.74) is 0.299. The fourth-order valence-electron chi connectivity index (χ4n) is 3.34. The molecule has 2 heterocycles. The van der Waals surface area contributed by atoms with Crippen molar-refractivity contribution >= 4 is 40.6 Å². The number of nitrogens with zero attached hydrogens (tertiary/aromatic N) is 3. The molecule has 0 aliphatic carbocycles. The van der Waals surface area contributed by atoms with Gasteiger partial charge in [0.2, 0.25) is 11.8 Å². The fourth-order valence-corrected chi connectivity index (χ4v) is 3.45. The summed E-state index contributed by atoms with van der Waals surface area (Å²) in [5, 5.41) is 16.9. The fraction of sp³-hybridized carbons (Fsp3) is 0.350. The number of nitrogens with one attached hydrogen (secondary N) is 2. The van der Waals surface area contributed by atoms with Crippen LogP contribution in [0.1, 0.15) is 19.8 Å². The van der Waals surface area contributed by atoms with Crippen LogP contribution in [0.2, 0.25) is 5.02 Å². The van der Waals surface area contributed by atoms with Crippen molar-refractivity contribution in [2.24, 2.45) is 5.92 Å². The maximum atomic E-state index is 12.6. The first-order chi connectivity index (χ1) is 14.3. The molecule has 3 rings (SSSR count). The molecule has 1 fully saturated rings. The van der Waals surface area contributed by atoms with Crippen LogP contribution in [0.15, 0.2) is 42.6 Å². The van der Waals surface area contributed by atoms with Crippen LogP contribution in [0, 0.1) is 16.0 Å². The van der Waals surface area contributed by atoms with E-state index in [1.807, 2.05) is 4.90 Å². The Hall–Kier alpha value is -3.04. The maximum absolute atomic E-state index is 12.6. The van der Waals surface area contributed by atoms with Crippen molar-refractivity contribution < 1.29 is 14.5 Å². The van der Waals surface area contributed by atoms with E-state index < -0.39 is 11.0 Å². The molecular formula is C20H22ClN5O4. The molecule has 2 aromatic rings. The molecule has 0 spiro atoms. The number of pyridine rings is 1. The van der Waals surface area contributed by atoms with Crippen LogP contribution in [-0.4, -0.2) is 45.8 Å². The maximum Gasteiger partial charge on any atom is 0.271 e. The van der Waals surface area contributed by atoms with Gasteiger partial charge in [0.15, 0.2) is 0 Å². The summed E-state index contributed by atoms with van der Waals surface area (Å²) in [4.78, 5) is 41.4. The van der Waals surface area contributed by atoms with Crippen LogP contribution in [0.3, 0.4) is 0 Å². The third-order valence-corrected chi connectivity index (χ3v) is 5.35. The molecule has 1 aromatic heterocycles. The minimum Gasteiger partial charge on any atom is -0.324 e. The van der Waals surface area contributed by atoms with Crippen LogP contribution < -0.4 is 10.6 Å². The number of hydrogen-bond acceptors (Lipinski definition) is 6. The molecule has 1 atom stereocenters. The van der Waals surface area contributed by atoms with Gasteiger partial charge in [0.1, 0.15) is 5.82 Å². The predicted octanol–water partition coefficient (Wildman–Crippen LogP) is 3.32. The smallest absolute Gasteiger partial charge is 0.271 e. The first-order valence-corrected chi connectivity index (χ1v) is 9.93. The average molecular weight is 432 g/mol. The number of hydrogen-bond donors (Lipinski definition) is 2. The highest BCUT2D eigenvalue weighted by Crippen LogP contribution is 2.22. The predicted molar refractivity (Wildman–Crippen MR) is 113 cm³/mol. The van der Waals surface area contributed by atoms with Crippen molar-refractivity contribution in [2.75, 3.05) is 23.7 Å². The van der Waals surface area contributed by atoms with Gasteiger partial charge < -0.3 is 10.6 Å². The van der Waals surface area contributed by atoms with Gasteiger partial charge in [0.25, 0.3) is 5.69 Å². The third-order valence-electron chi connectivity index (χ3n) is 5.13. The van der Waals surface area contributed by atoms with Gasteiger partial charge in [0, 0.05) is 29.9 Å². The molecule has 1 unspecified atom stereocenters. The summed E-state index contributed by atoms with van der Waals surface area (Å²) in [6, 6.07) is 8.72. The van der Waals surface area contributed by atoms with E-state index in [0.29, 0.717) is 42.5 Å². The Kier molecular flexibility index (Phi) is 6.96. The highest BCUT2D eigenvalue weighted by Gasteiger charge is 2.30. The zero-order chi connectivity index (χ0) is 21.7. The lowest BCUT2D eigenvalue weighted by Gasteiger charge is -2.34. The van der Waals surface area contributed by atoms with Gasteiger partial charge in [-0.05, 0) is 51.1 Å². The number of piperidine rings is 1. The molecule has 2 amide bonds. The van der Waals surface area contributed by atoms with E-state index in [2.05, 4.69) is 15.6 Å². The van der Waals surface area contributed by atoms with Crippen LogP contribution in [0.25, 0.3) is 0 Å². The molecule has 10 heteroatoms. The van der Waals surface area contributed by atoms with E-state index in [1.54, 1.807) is 25.1 Å². The Morgan fingerprint density at radius 2 is 1.97 bits per heavy atom. The molecule has 30 heavy (non-hydrogen) atoms. The van der Waals surface area contributed by atoms with Gasteiger partial charge in [-0.15, -0.1) is 0 Å². The van der Waals surface area contributed by atoms with Gasteiger partial charge in [-0.1, -0.05) is 17.7 Å². The number of benzene rings is 1. The number of carbonyl (C=O) groups is 2. The molecule has 0 saturated carbocycles. The lowest BCUT2D eigenvalue weighted by molar-refractivity contribution is -0.384. The summed E-state index contributed by atoms with van der Waals surface area (Å²) < 4.78 is 0. The summed E-state index contributed by atoms with van der Waals surface area (Å²) in [5.74, 6) is -0.0516. The number of rotatable bonds is 6. The Morgan fingerprint density at radius 3 is 2.60 bits per heavy atom. The summed E-state index contributed by atoms with van der Waals surface area (Å²) in [6.45, 7) is 2.97. The molecule has 0 radical (unpaired) electrons. The van der Waals surface area contributed by atoms with Crippen molar-refractivity contribution in [2.45, 2.75) is 25.8 Å². The number of likely N-dealkylation sites (tertiary alicyclic amines) is 1. The Balaban J connectivity index is 1.50. The van der Waals surface area contributed by atoms with Crippen LogP contribution in [0.5, 0.6) is 0 Å². The van der Waals surface area contributed by atoms with Crippen molar-refractivity contribution in [1.82, 2.24) is 9.88 Å². The molecule has 0 bridgehead atoms. The van der Waals surface area contributed by atoms with E-state index in [4.69, 9.17) is 11.6 Å². The lowest BCUT2D eigenvalue weighted by atomic mass is 9.95. The first kappa shape index (κ1) is 21.7. The molecule has 1 saturated heterocycles. The standard InChI is InChI=1S/C20H22ClN5O4/c1-13(19(27)23-16-3-2-4-17(11-16)26(29)30)25-9-7-14(8-10-25)20(28)24-18-6-5-15(21)12-22-18/h2-6,11-14H,7-10H2,1H3,(H,23,27)(H,22,24,28). The van der Waals surface area contributed by atoms with E-state index in [1.165, 1.54) is 24.4 Å². The first-order valence-electron chi connectivity index (χ1n) is 9.55. The molecule has 2 N–H and O–H groups in total. The lowest BCUT2D eigenvalue weighted by Crippen LogP contribution is -2.47. The number of aromatic nitrogens is 1. The molecule has 1 aliphatic heterocycles. The number of non-ortho nitro benzene ring substituents is 1. The average Bonchev–Trinajstić information content (AvgIpc) is 2.75. The molecule has 1 aromatic carbocycles. The van der Waals surface area contributed by atoms with Gasteiger partial charge >= 0.3 is 0 Å². The normalized spacial score (nSPS) is 15.9. The quantitative estimate of drug-likeness (QED) is 0.535. The Labute approximate surface area is 178 Å². The van der Waals surface area contributed by atoms with Crippen molar-refractivity contribution in [1.29, 1.82) is 0 Å². The van der Waals surface area contributed by atoms with E-state index in [0.717, 1.165) is 0 Å². The SMILES string of the molecule is CC(C(=O)Nc1cccc([N+](=O)[O-])c1)N1CCC(C(=O)Nc2ccc(Cl)cn2)CC1. The second kappa shape index (κ2) is 9.64. The number of anilines is 2. The van der Waals surface area contributed by atoms with Crippen molar-refractivity contribution in [3.8, 4) is 0 Å². The zero-order valence-corrected chi connectivity index (χ0v) is 17.1. The monoisotopic (exact) mass is 431 g/mol. The molecule has 9 nitrogen and oxygen atoms in total. The van der Waals surface area contributed by atoms with Crippen molar-refractivity contribution in [3.63, 3.8) is 0 Å². The number of nitro groups is 1. The number of amides is 2. The van der Waals surface area contributed by atoms with E-state index in [-0.39, 0.29) is 23.4 Å².